The van der Waals surface area contributed by atoms with Gasteiger partial charge < -0.3 is 0 Å². The van der Waals surface area contributed by atoms with Crippen LogP contribution in [-0.4, -0.2) is 19.6 Å². The highest BCUT2D eigenvalue weighted by molar-refractivity contribution is 6.29. The number of benzene rings is 1. The summed E-state index contributed by atoms with van der Waals surface area (Å²) >= 11 is 5.93. The average molecular weight is 237 g/mol. The average Bonchev–Trinajstić information content (AvgIpc) is 2.60. The van der Waals surface area contributed by atoms with Crippen molar-refractivity contribution in [1.29, 1.82) is 0 Å². The zero-order chi connectivity index (χ0) is 11.3. The second-order valence-electron chi connectivity index (χ2n) is 3.44. The number of hydrogen-bond acceptors (Lipinski definition) is 3. The Bertz CT molecular complexity index is 707. The normalized spacial score (nSPS) is 11.4. The van der Waals surface area contributed by atoms with E-state index in [4.69, 9.17) is 11.6 Å². The minimum absolute atomic E-state index is 0.175. The highest BCUT2D eigenvalue weighted by Gasteiger charge is 2.10. The van der Waals surface area contributed by atoms with Crippen molar-refractivity contribution >= 4 is 28.2 Å². The van der Waals surface area contributed by atoms with Gasteiger partial charge in [0.1, 0.15) is 11.6 Å². The Kier molecular flexibility index (Phi) is 1.85. The highest BCUT2D eigenvalue weighted by Crippen LogP contribution is 2.21. The molecule has 0 N–H and O–H groups in total. The van der Waals surface area contributed by atoms with Crippen molar-refractivity contribution in [3.05, 3.63) is 35.1 Å². The van der Waals surface area contributed by atoms with Crippen LogP contribution < -0.4 is 0 Å². The molecule has 80 valence electrons. The number of aromatic nitrogens is 4. The van der Waals surface area contributed by atoms with Gasteiger partial charge in [0.2, 0.25) is 5.28 Å². The molecule has 16 heavy (non-hydrogen) atoms. The van der Waals surface area contributed by atoms with Crippen LogP contribution in [0.1, 0.15) is 5.82 Å². The van der Waals surface area contributed by atoms with Gasteiger partial charge in [-0.05, 0) is 30.7 Å². The number of aryl methyl sites for hydroxylation is 1. The first-order chi connectivity index (χ1) is 7.65. The van der Waals surface area contributed by atoms with Crippen molar-refractivity contribution < 1.29 is 4.39 Å². The first-order valence-electron chi connectivity index (χ1n) is 4.63. The van der Waals surface area contributed by atoms with Crippen LogP contribution in [-0.2, 0) is 0 Å². The summed E-state index contributed by atoms with van der Waals surface area (Å²) < 4.78 is 14.5. The predicted octanol–water partition coefficient (Wildman–Crippen LogP) is 2.38. The molecule has 2 aromatic heterocycles. The van der Waals surface area contributed by atoms with Gasteiger partial charge in [-0.25, -0.2) is 14.4 Å². The molecule has 0 aliphatic heterocycles. The van der Waals surface area contributed by atoms with Crippen LogP contribution in [0.2, 0.25) is 5.28 Å². The summed E-state index contributed by atoms with van der Waals surface area (Å²) in [5.74, 6) is 0.247. The van der Waals surface area contributed by atoms with E-state index in [2.05, 4.69) is 15.1 Å². The Morgan fingerprint density at radius 3 is 2.94 bits per heavy atom. The van der Waals surface area contributed by atoms with Crippen LogP contribution in [0.3, 0.4) is 0 Å². The smallest absolute Gasteiger partial charge is 0.218 e. The Labute approximate surface area is 94.7 Å². The van der Waals surface area contributed by atoms with Gasteiger partial charge in [-0.15, -0.1) is 5.10 Å². The molecule has 0 unspecified atom stereocenters. The second-order valence-corrected chi connectivity index (χ2v) is 3.77. The van der Waals surface area contributed by atoms with E-state index in [1.54, 1.807) is 13.0 Å². The molecule has 3 rings (SSSR count). The van der Waals surface area contributed by atoms with E-state index >= 15 is 0 Å². The van der Waals surface area contributed by atoms with Gasteiger partial charge in [0.15, 0.2) is 5.65 Å². The van der Waals surface area contributed by atoms with Gasteiger partial charge in [-0.3, -0.25) is 0 Å². The zero-order valence-electron chi connectivity index (χ0n) is 8.28. The largest absolute Gasteiger partial charge is 0.226 e. The summed E-state index contributed by atoms with van der Waals surface area (Å²) in [5.41, 5.74) is 1.07. The Balaban J connectivity index is 2.57. The monoisotopic (exact) mass is 236 g/mol. The van der Waals surface area contributed by atoms with Gasteiger partial charge >= 0.3 is 0 Å². The summed E-state index contributed by atoms with van der Waals surface area (Å²) in [6.07, 6.45) is 0. The second kappa shape index (κ2) is 3.12. The Hall–Kier alpha value is -1.75. The molecule has 4 nitrogen and oxygen atoms in total. The molecule has 0 saturated carbocycles. The molecule has 2 heterocycles. The van der Waals surface area contributed by atoms with Crippen LogP contribution in [0.25, 0.3) is 16.6 Å². The quantitative estimate of drug-likeness (QED) is 0.563. The molecular weight excluding hydrogens is 231 g/mol. The van der Waals surface area contributed by atoms with Crippen molar-refractivity contribution in [2.75, 3.05) is 0 Å². The molecule has 0 radical (unpaired) electrons. The van der Waals surface area contributed by atoms with E-state index in [0.29, 0.717) is 17.0 Å². The molecule has 0 atom stereocenters. The lowest BCUT2D eigenvalue weighted by molar-refractivity contribution is 0.629. The predicted molar refractivity (Wildman–Crippen MR) is 58.0 cm³/mol. The van der Waals surface area contributed by atoms with Crippen LogP contribution in [0, 0.1) is 12.7 Å². The van der Waals surface area contributed by atoms with Crippen molar-refractivity contribution in [1.82, 2.24) is 19.6 Å². The molecule has 1 aromatic carbocycles. The van der Waals surface area contributed by atoms with E-state index in [1.807, 2.05) is 0 Å². The number of halogens is 2. The Morgan fingerprint density at radius 1 is 1.31 bits per heavy atom. The summed E-state index contributed by atoms with van der Waals surface area (Å²) in [5, 5.41) is 5.01. The fourth-order valence-electron chi connectivity index (χ4n) is 1.65. The van der Waals surface area contributed by atoms with Gasteiger partial charge in [0.05, 0.1) is 5.52 Å². The fraction of sp³-hybridized carbons (Fsp3) is 0.100. The Morgan fingerprint density at radius 2 is 2.12 bits per heavy atom. The number of fused-ring (bicyclic) bond motifs is 3. The first-order valence-corrected chi connectivity index (χ1v) is 5.01. The van der Waals surface area contributed by atoms with Gasteiger partial charge in [-0.1, -0.05) is 0 Å². The van der Waals surface area contributed by atoms with Gasteiger partial charge in [0.25, 0.3) is 0 Å². The molecule has 0 aliphatic carbocycles. The van der Waals surface area contributed by atoms with Crippen molar-refractivity contribution in [3.8, 4) is 0 Å². The molecule has 6 heteroatoms. The molecule has 0 spiro atoms. The van der Waals surface area contributed by atoms with E-state index in [9.17, 15) is 4.39 Å². The van der Waals surface area contributed by atoms with E-state index in [-0.39, 0.29) is 11.1 Å². The molecule has 0 bridgehead atoms. The standard InChI is InChI=1S/C10H6ClFN4/c1-5-13-9-7-3-2-6(12)4-8(7)14-10(11)16(9)15-5/h2-4H,1H3. The molecular formula is C10H6ClFN4. The first kappa shape index (κ1) is 9.47. The molecule has 0 fully saturated rings. The van der Waals surface area contributed by atoms with Crippen LogP contribution in [0.5, 0.6) is 0 Å². The third-order valence-corrected chi connectivity index (χ3v) is 2.55. The maximum absolute atomic E-state index is 13.0. The number of rotatable bonds is 0. The topological polar surface area (TPSA) is 43.1 Å². The fourth-order valence-corrected chi connectivity index (χ4v) is 1.86. The van der Waals surface area contributed by atoms with Crippen molar-refractivity contribution in [2.45, 2.75) is 6.92 Å². The number of hydrogen-bond donors (Lipinski definition) is 0. The van der Waals surface area contributed by atoms with E-state index in [1.165, 1.54) is 16.6 Å². The molecule has 0 saturated heterocycles. The van der Waals surface area contributed by atoms with E-state index < -0.39 is 0 Å². The third-order valence-electron chi connectivity index (χ3n) is 2.30. The molecule has 0 aliphatic rings. The van der Waals surface area contributed by atoms with Crippen LogP contribution in [0.15, 0.2) is 18.2 Å². The summed E-state index contributed by atoms with van der Waals surface area (Å²) in [6.45, 7) is 1.76. The van der Waals surface area contributed by atoms with Gasteiger partial charge in [-0.2, -0.15) is 4.52 Å². The lowest BCUT2D eigenvalue weighted by Gasteiger charge is -2.00. The maximum Gasteiger partial charge on any atom is 0.226 e. The maximum atomic E-state index is 13.0. The lowest BCUT2D eigenvalue weighted by atomic mass is 10.2. The lowest BCUT2D eigenvalue weighted by Crippen LogP contribution is -1.95. The minimum atomic E-state index is -0.350. The summed E-state index contributed by atoms with van der Waals surface area (Å²) in [4.78, 5) is 8.30. The molecule has 0 amide bonds. The van der Waals surface area contributed by atoms with Crippen LogP contribution in [0.4, 0.5) is 4.39 Å². The highest BCUT2D eigenvalue weighted by atomic mass is 35.5. The van der Waals surface area contributed by atoms with E-state index in [0.717, 1.165) is 5.39 Å². The third kappa shape index (κ3) is 1.25. The summed E-state index contributed by atoms with van der Waals surface area (Å²) in [6, 6.07) is 4.31. The van der Waals surface area contributed by atoms with Gasteiger partial charge in [0, 0.05) is 11.5 Å². The van der Waals surface area contributed by atoms with Crippen molar-refractivity contribution in [3.63, 3.8) is 0 Å². The summed E-state index contributed by atoms with van der Waals surface area (Å²) in [7, 11) is 0. The van der Waals surface area contributed by atoms with Crippen molar-refractivity contribution in [2.24, 2.45) is 0 Å². The SMILES string of the molecule is Cc1nc2c3ccc(F)cc3nc(Cl)n2n1. The minimum Gasteiger partial charge on any atom is -0.218 e. The zero-order valence-corrected chi connectivity index (χ0v) is 9.03. The number of nitrogens with zero attached hydrogens (tertiary/aromatic N) is 4. The molecule has 3 aromatic rings. The van der Waals surface area contributed by atoms with Crippen LogP contribution >= 0.6 is 11.6 Å².